The van der Waals surface area contributed by atoms with Crippen molar-refractivity contribution < 1.29 is 4.79 Å². The minimum absolute atomic E-state index is 0.315. The zero-order valence-electron chi connectivity index (χ0n) is 10.5. The van der Waals surface area contributed by atoms with Crippen LogP contribution in [0, 0.1) is 11.3 Å². The lowest BCUT2D eigenvalue weighted by atomic mass is 10.0. The number of hydrogen-bond donors (Lipinski definition) is 1. The third-order valence-electron chi connectivity index (χ3n) is 3.00. The van der Waals surface area contributed by atoms with Crippen LogP contribution in [0.5, 0.6) is 0 Å². The van der Waals surface area contributed by atoms with Crippen LogP contribution in [0.4, 0.5) is 0 Å². The molecule has 1 aromatic rings. The number of nitrogens with one attached hydrogen (secondary N) is 1. The molecule has 1 heterocycles. The number of carbonyl (C=O) groups excluding carboxylic acids is 1. The maximum absolute atomic E-state index is 11.9. The first-order valence-corrected chi connectivity index (χ1v) is 7.91. The summed E-state index contributed by atoms with van der Waals surface area (Å²) in [5, 5.41) is 12.9. The van der Waals surface area contributed by atoms with Crippen molar-refractivity contribution in [3.05, 3.63) is 39.9 Å². The Hall–Kier alpha value is -1.15. The van der Waals surface area contributed by atoms with Gasteiger partial charge in [0, 0.05) is 27.4 Å². The molecule has 1 aliphatic heterocycles. The molecule has 1 saturated heterocycles. The highest BCUT2D eigenvalue weighted by molar-refractivity contribution is 7.99. The number of thioether (sulfide) groups is 1. The zero-order chi connectivity index (χ0) is 14.6. The van der Waals surface area contributed by atoms with E-state index in [1.807, 2.05) is 0 Å². The van der Waals surface area contributed by atoms with Gasteiger partial charge in [0.15, 0.2) is 0 Å². The molecule has 1 atom stereocenters. The summed E-state index contributed by atoms with van der Waals surface area (Å²) in [7, 11) is 0. The average Bonchev–Trinajstić information content (AvgIpc) is 2.87. The first-order chi connectivity index (χ1) is 9.56. The minimum Gasteiger partial charge on any atom is -0.333 e. The molecule has 3 nitrogen and oxygen atoms in total. The van der Waals surface area contributed by atoms with Gasteiger partial charge in [0.2, 0.25) is 5.91 Å². The van der Waals surface area contributed by atoms with Crippen LogP contribution in [0.3, 0.4) is 0 Å². The third kappa shape index (κ3) is 3.49. The number of halogens is 2. The predicted octanol–water partition coefficient (Wildman–Crippen LogP) is 3.52. The smallest absolute Gasteiger partial charge is 0.245 e. The van der Waals surface area contributed by atoms with Gasteiger partial charge in [0.25, 0.3) is 0 Å². The van der Waals surface area contributed by atoms with Crippen LogP contribution >= 0.6 is 35.0 Å². The van der Waals surface area contributed by atoms with Crippen molar-refractivity contribution in [2.75, 3.05) is 11.5 Å². The van der Waals surface area contributed by atoms with Gasteiger partial charge in [-0.1, -0.05) is 29.3 Å². The van der Waals surface area contributed by atoms with Crippen LogP contribution in [0.25, 0.3) is 6.08 Å². The van der Waals surface area contributed by atoms with E-state index in [4.69, 9.17) is 23.2 Å². The summed E-state index contributed by atoms with van der Waals surface area (Å²) < 4.78 is 0. The van der Waals surface area contributed by atoms with Gasteiger partial charge < -0.3 is 5.32 Å². The second-order valence-corrected chi connectivity index (χ2v) is 6.37. The van der Waals surface area contributed by atoms with E-state index in [2.05, 4.69) is 11.4 Å². The second kappa shape index (κ2) is 6.53. The van der Waals surface area contributed by atoms with Gasteiger partial charge in [-0.3, -0.25) is 4.79 Å². The van der Waals surface area contributed by atoms with Crippen LogP contribution in [-0.2, 0) is 4.79 Å². The Balaban J connectivity index is 2.08. The lowest BCUT2D eigenvalue weighted by Gasteiger charge is -2.19. The van der Waals surface area contributed by atoms with Crippen molar-refractivity contribution in [1.29, 1.82) is 5.26 Å². The van der Waals surface area contributed by atoms with Crippen LogP contribution in [0.15, 0.2) is 24.3 Å². The number of benzene rings is 1. The number of nitrogens with zero attached hydrogens (tertiary/aromatic N) is 1. The van der Waals surface area contributed by atoms with E-state index in [1.54, 1.807) is 36.0 Å². The number of carbonyl (C=O) groups is 1. The second-order valence-electron chi connectivity index (χ2n) is 4.45. The van der Waals surface area contributed by atoms with Crippen molar-refractivity contribution in [3.63, 3.8) is 0 Å². The number of rotatable bonds is 3. The lowest BCUT2D eigenvalue weighted by Crippen LogP contribution is -2.46. The van der Waals surface area contributed by atoms with Crippen molar-refractivity contribution in [1.82, 2.24) is 5.32 Å². The normalized spacial score (nSPS) is 21.9. The molecular formula is C14H12Cl2N2OS. The highest BCUT2D eigenvalue weighted by atomic mass is 35.5. The molecule has 104 valence electrons. The highest BCUT2D eigenvalue weighted by Crippen LogP contribution is 2.28. The molecule has 0 saturated carbocycles. The first kappa shape index (κ1) is 15.2. The molecule has 1 amide bonds. The van der Waals surface area contributed by atoms with Gasteiger partial charge in [-0.2, -0.15) is 17.0 Å². The topological polar surface area (TPSA) is 52.9 Å². The van der Waals surface area contributed by atoms with Crippen LogP contribution in [-0.4, -0.2) is 23.0 Å². The fourth-order valence-electron chi connectivity index (χ4n) is 1.89. The first-order valence-electron chi connectivity index (χ1n) is 5.99. The Morgan fingerprint density at radius 2 is 2.15 bits per heavy atom. The molecule has 20 heavy (non-hydrogen) atoms. The van der Waals surface area contributed by atoms with Crippen LogP contribution < -0.4 is 5.32 Å². The van der Waals surface area contributed by atoms with Gasteiger partial charge in [-0.05, 0) is 30.4 Å². The van der Waals surface area contributed by atoms with E-state index in [1.165, 1.54) is 6.08 Å². The minimum atomic E-state index is -0.754. The summed E-state index contributed by atoms with van der Waals surface area (Å²) in [5.74, 6) is 1.19. The summed E-state index contributed by atoms with van der Waals surface area (Å²) in [6.07, 6.45) is 3.59. The molecule has 1 fully saturated rings. The summed E-state index contributed by atoms with van der Waals surface area (Å²) in [5.41, 5.74) is -0.158. The molecule has 0 spiro atoms. The molecule has 0 bridgehead atoms. The lowest BCUT2D eigenvalue weighted by molar-refractivity contribution is -0.117. The Bertz CT molecular complexity index is 569. The van der Waals surface area contributed by atoms with Crippen molar-refractivity contribution in [2.24, 2.45) is 0 Å². The van der Waals surface area contributed by atoms with E-state index in [0.29, 0.717) is 27.8 Å². The Kier molecular flexibility index (Phi) is 4.98. The molecule has 1 unspecified atom stereocenters. The van der Waals surface area contributed by atoms with Crippen LogP contribution in [0.2, 0.25) is 10.0 Å². The molecule has 1 aliphatic rings. The molecule has 2 rings (SSSR count). The summed E-state index contributed by atoms with van der Waals surface area (Å²) in [6, 6.07) is 7.34. The predicted molar refractivity (Wildman–Crippen MR) is 83.9 cm³/mol. The van der Waals surface area contributed by atoms with Gasteiger partial charge in [-0.15, -0.1) is 0 Å². The molecular weight excluding hydrogens is 315 g/mol. The average molecular weight is 327 g/mol. The summed E-state index contributed by atoms with van der Waals surface area (Å²) >= 11 is 13.7. The maximum atomic E-state index is 11.9. The largest absolute Gasteiger partial charge is 0.333 e. The quantitative estimate of drug-likeness (QED) is 0.864. The third-order valence-corrected chi connectivity index (χ3v) is 4.85. The SMILES string of the molecule is N#CC1(NC(=O)C=Cc2c(Cl)cccc2Cl)CCSC1. The molecule has 1 N–H and O–H groups in total. The number of amides is 1. The van der Waals surface area contributed by atoms with Gasteiger partial charge in [0.1, 0.15) is 5.54 Å². The van der Waals surface area contributed by atoms with Crippen molar-refractivity contribution in [3.8, 4) is 6.07 Å². The van der Waals surface area contributed by atoms with E-state index < -0.39 is 5.54 Å². The van der Waals surface area contributed by atoms with Gasteiger partial charge in [0.05, 0.1) is 6.07 Å². The Morgan fingerprint density at radius 1 is 1.45 bits per heavy atom. The fourth-order valence-corrected chi connectivity index (χ4v) is 3.68. The van der Waals surface area contributed by atoms with E-state index in [0.717, 1.165) is 5.75 Å². The van der Waals surface area contributed by atoms with E-state index >= 15 is 0 Å². The standard InChI is InChI=1S/C14H12Cl2N2OS/c15-11-2-1-3-12(16)10(11)4-5-13(19)18-14(8-17)6-7-20-9-14/h1-5H,6-7,9H2,(H,18,19). The van der Waals surface area contributed by atoms with Crippen molar-refractivity contribution >= 4 is 46.9 Å². The van der Waals surface area contributed by atoms with Gasteiger partial charge in [-0.25, -0.2) is 0 Å². The van der Waals surface area contributed by atoms with E-state index in [-0.39, 0.29) is 5.91 Å². The highest BCUT2D eigenvalue weighted by Gasteiger charge is 2.35. The summed E-state index contributed by atoms with van der Waals surface area (Å²) in [6.45, 7) is 0. The van der Waals surface area contributed by atoms with Gasteiger partial charge >= 0.3 is 0 Å². The molecule has 0 aromatic heterocycles. The van der Waals surface area contributed by atoms with Crippen molar-refractivity contribution in [2.45, 2.75) is 12.0 Å². The van der Waals surface area contributed by atoms with E-state index in [9.17, 15) is 10.1 Å². The molecule has 1 aromatic carbocycles. The Labute approximate surface area is 131 Å². The molecule has 0 aliphatic carbocycles. The maximum Gasteiger partial charge on any atom is 0.245 e. The Morgan fingerprint density at radius 3 is 2.70 bits per heavy atom. The zero-order valence-corrected chi connectivity index (χ0v) is 12.9. The molecule has 0 radical (unpaired) electrons. The number of hydrogen-bond acceptors (Lipinski definition) is 3. The monoisotopic (exact) mass is 326 g/mol. The summed E-state index contributed by atoms with van der Waals surface area (Å²) in [4.78, 5) is 11.9. The number of nitriles is 1. The van der Waals surface area contributed by atoms with Crippen LogP contribution in [0.1, 0.15) is 12.0 Å². The fraction of sp³-hybridized carbons (Fsp3) is 0.286. The molecule has 6 heteroatoms.